The van der Waals surface area contributed by atoms with E-state index >= 15 is 0 Å². The van der Waals surface area contributed by atoms with Crippen LogP contribution >= 0.6 is 0 Å². The Bertz CT molecular complexity index is 1450. The molecule has 1 aromatic heterocycles. The van der Waals surface area contributed by atoms with Gasteiger partial charge in [0.1, 0.15) is 0 Å². The van der Waals surface area contributed by atoms with Crippen molar-refractivity contribution >= 4 is 27.4 Å². The Kier molecular flexibility index (Phi) is 4.66. The zero-order valence-electron chi connectivity index (χ0n) is 19.3. The Morgan fingerprint density at radius 2 is 1.29 bits per heavy atom. The molecule has 0 amide bonds. The van der Waals surface area contributed by atoms with E-state index in [-0.39, 0.29) is 0 Å². The van der Waals surface area contributed by atoms with Crippen LogP contribution in [0.4, 0.5) is 0 Å². The summed E-state index contributed by atoms with van der Waals surface area (Å²) in [5.74, 6) is 0. The van der Waals surface area contributed by atoms with Gasteiger partial charge in [-0.15, -0.1) is 0 Å². The molecule has 4 aromatic carbocycles. The van der Waals surface area contributed by atoms with Crippen molar-refractivity contribution in [2.75, 3.05) is 0 Å². The highest BCUT2D eigenvalue weighted by molar-refractivity contribution is 6.09. The van der Waals surface area contributed by atoms with Gasteiger partial charge < -0.3 is 4.57 Å². The first-order valence-electron chi connectivity index (χ1n) is 12.4. The van der Waals surface area contributed by atoms with Crippen LogP contribution in [-0.4, -0.2) is 21.6 Å². The Labute approximate surface area is 200 Å². The average Bonchev–Trinajstić information content (AvgIpc) is 3.33. The van der Waals surface area contributed by atoms with Crippen LogP contribution in [0, 0.1) is 0 Å². The van der Waals surface area contributed by atoms with Crippen LogP contribution in [0.5, 0.6) is 0 Å². The summed E-state index contributed by atoms with van der Waals surface area (Å²) in [6.07, 6.45) is 6.28. The molecule has 0 saturated carbocycles. The monoisotopic (exact) mass is 440 g/mol. The summed E-state index contributed by atoms with van der Waals surface area (Å²) < 4.78 is 2.40. The Balaban J connectivity index is 1.21. The molecule has 5 aromatic rings. The van der Waals surface area contributed by atoms with Crippen molar-refractivity contribution in [2.45, 2.75) is 37.9 Å². The molecular weight excluding hydrogens is 412 g/mol. The first-order valence-corrected chi connectivity index (χ1v) is 12.4. The number of benzene rings is 4. The maximum Gasteiger partial charge on any atom is 0.0541 e. The van der Waals surface area contributed by atoms with Gasteiger partial charge in [-0.25, -0.2) is 0 Å². The molecule has 7 rings (SSSR count). The molecule has 2 atom stereocenters. The third-order valence-electron chi connectivity index (χ3n) is 7.82. The third-order valence-corrected chi connectivity index (χ3v) is 7.82. The number of hydrogen-bond acceptors (Lipinski definition) is 1. The molecule has 2 aliphatic rings. The Morgan fingerprint density at radius 1 is 0.647 bits per heavy atom. The second-order valence-electron chi connectivity index (χ2n) is 9.77. The fourth-order valence-electron chi connectivity index (χ4n) is 6.20. The Morgan fingerprint density at radius 3 is 1.97 bits per heavy atom. The summed E-state index contributed by atoms with van der Waals surface area (Å²) in [5, 5.41) is 2.62. The van der Waals surface area contributed by atoms with Crippen LogP contribution in [0.3, 0.4) is 0 Å². The van der Waals surface area contributed by atoms with Gasteiger partial charge in [0.05, 0.1) is 11.0 Å². The molecule has 0 aliphatic carbocycles. The molecule has 1 fully saturated rings. The van der Waals surface area contributed by atoms with E-state index in [9.17, 15) is 0 Å². The maximum atomic E-state index is 2.71. The van der Waals surface area contributed by atoms with Gasteiger partial charge in [0, 0.05) is 35.1 Å². The first-order chi connectivity index (χ1) is 16.8. The predicted octanol–water partition coefficient (Wildman–Crippen LogP) is 7.60. The molecule has 166 valence electrons. The molecule has 34 heavy (non-hydrogen) atoms. The highest BCUT2D eigenvalue weighted by Gasteiger charge is 2.36. The number of nitrogens with zero attached hydrogens (tertiary/aromatic N) is 2. The fraction of sp³-hybridized carbons (Fsp3) is 0.188. The van der Waals surface area contributed by atoms with Gasteiger partial charge >= 0.3 is 0 Å². The highest BCUT2D eigenvalue weighted by Crippen LogP contribution is 2.40. The number of rotatable bonds is 4. The first kappa shape index (κ1) is 19.8. The minimum atomic E-state index is 0.561. The molecule has 0 N–H and O–H groups in total. The second kappa shape index (κ2) is 8.00. The van der Waals surface area contributed by atoms with Crippen molar-refractivity contribution in [3.8, 4) is 5.69 Å². The maximum absolute atomic E-state index is 2.71. The zero-order chi connectivity index (χ0) is 22.5. The smallest absolute Gasteiger partial charge is 0.0541 e. The minimum absolute atomic E-state index is 0.561. The van der Waals surface area contributed by atoms with Gasteiger partial charge in [-0.3, -0.25) is 4.90 Å². The number of hydrogen-bond donors (Lipinski definition) is 0. The summed E-state index contributed by atoms with van der Waals surface area (Å²) >= 11 is 0. The van der Waals surface area contributed by atoms with E-state index in [1.807, 2.05) is 0 Å². The largest absolute Gasteiger partial charge is 0.309 e. The summed E-state index contributed by atoms with van der Waals surface area (Å²) in [7, 11) is 0. The molecule has 2 bridgehead atoms. The van der Waals surface area contributed by atoms with E-state index in [0.29, 0.717) is 12.1 Å². The normalized spacial score (nSPS) is 20.2. The topological polar surface area (TPSA) is 8.17 Å². The van der Waals surface area contributed by atoms with E-state index < -0.39 is 0 Å². The van der Waals surface area contributed by atoms with Crippen LogP contribution in [-0.2, 0) is 6.54 Å². The lowest BCUT2D eigenvalue weighted by molar-refractivity contribution is 0.203. The van der Waals surface area contributed by atoms with Crippen LogP contribution in [0.2, 0.25) is 0 Å². The van der Waals surface area contributed by atoms with E-state index in [0.717, 1.165) is 13.0 Å². The molecule has 0 radical (unpaired) electrons. The van der Waals surface area contributed by atoms with Crippen molar-refractivity contribution in [1.29, 1.82) is 0 Å². The average molecular weight is 441 g/mol. The third kappa shape index (κ3) is 3.21. The van der Waals surface area contributed by atoms with E-state index in [1.54, 1.807) is 0 Å². The molecule has 3 heterocycles. The Hall–Kier alpha value is -3.62. The lowest BCUT2D eigenvalue weighted by Gasteiger charge is -2.34. The number of para-hydroxylation sites is 2. The SMILES string of the molecule is C1=C(c2ccc(-n3c4ccccc4c4ccccc43)cc2)CC2CCC1N2Cc1ccccc1. The van der Waals surface area contributed by atoms with Gasteiger partial charge in [-0.05, 0) is 60.2 Å². The molecular formula is C32H28N2. The minimum Gasteiger partial charge on any atom is -0.309 e. The van der Waals surface area contributed by atoms with Gasteiger partial charge in [-0.2, -0.15) is 0 Å². The molecule has 2 unspecified atom stereocenters. The molecule has 0 spiro atoms. The van der Waals surface area contributed by atoms with Gasteiger partial charge in [0.15, 0.2) is 0 Å². The highest BCUT2D eigenvalue weighted by atomic mass is 15.2. The second-order valence-corrected chi connectivity index (χ2v) is 9.77. The lowest BCUT2D eigenvalue weighted by atomic mass is 9.94. The van der Waals surface area contributed by atoms with Gasteiger partial charge in [0.2, 0.25) is 0 Å². The number of aromatic nitrogens is 1. The summed E-state index contributed by atoms with van der Waals surface area (Å²) in [4.78, 5) is 2.71. The van der Waals surface area contributed by atoms with Crippen LogP contribution in [0.15, 0.2) is 109 Å². The van der Waals surface area contributed by atoms with Crippen molar-refractivity contribution in [3.63, 3.8) is 0 Å². The molecule has 2 nitrogen and oxygen atoms in total. The van der Waals surface area contributed by atoms with Crippen molar-refractivity contribution in [1.82, 2.24) is 9.47 Å². The van der Waals surface area contributed by atoms with Crippen LogP contribution in [0.25, 0.3) is 33.1 Å². The van der Waals surface area contributed by atoms with Gasteiger partial charge in [0.25, 0.3) is 0 Å². The van der Waals surface area contributed by atoms with Crippen molar-refractivity contribution in [2.24, 2.45) is 0 Å². The van der Waals surface area contributed by atoms with E-state index in [1.165, 1.54) is 57.0 Å². The van der Waals surface area contributed by atoms with Crippen LogP contribution < -0.4 is 0 Å². The molecule has 2 aliphatic heterocycles. The summed E-state index contributed by atoms with van der Waals surface area (Å²) in [5.41, 5.74) is 8.08. The van der Waals surface area contributed by atoms with Crippen LogP contribution in [0.1, 0.15) is 30.4 Å². The number of fused-ring (bicyclic) bond motifs is 5. The van der Waals surface area contributed by atoms with Crippen molar-refractivity contribution in [3.05, 3.63) is 120 Å². The van der Waals surface area contributed by atoms with E-state index in [4.69, 9.17) is 0 Å². The predicted molar refractivity (Wildman–Crippen MR) is 142 cm³/mol. The lowest BCUT2D eigenvalue weighted by Crippen LogP contribution is -2.37. The zero-order valence-corrected chi connectivity index (χ0v) is 19.3. The summed E-state index contributed by atoms with van der Waals surface area (Å²) in [6.45, 7) is 1.06. The van der Waals surface area contributed by atoms with Crippen molar-refractivity contribution < 1.29 is 0 Å². The fourth-order valence-corrected chi connectivity index (χ4v) is 6.20. The summed E-state index contributed by atoms with van der Waals surface area (Å²) in [6, 6.07) is 38.8. The molecule has 1 saturated heterocycles. The van der Waals surface area contributed by atoms with Gasteiger partial charge in [-0.1, -0.05) is 84.9 Å². The molecule has 2 heteroatoms. The van der Waals surface area contributed by atoms with E-state index in [2.05, 4.69) is 119 Å². The standard InChI is InChI=1S/C32H28N2/c1-2-8-23(9-3-1)22-33-27-18-19-28(33)21-25(20-27)24-14-16-26(17-15-24)34-31-12-6-4-10-29(31)30-11-5-7-13-32(30)34/h1-17,20,27-28H,18-19,21-22H2. The quantitative estimate of drug-likeness (QED) is 0.279.